The molecule has 3 nitrogen and oxygen atoms in total. The number of ether oxygens (including phenoxy) is 2. The van der Waals surface area contributed by atoms with Crippen molar-refractivity contribution in [3.8, 4) is 11.5 Å². The van der Waals surface area contributed by atoms with Crippen LogP contribution in [0.25, 0.3) is 0 Å². The summed E-state index contributed by atoms with van der Waals surface area (Å²) < 4.78 is 11.5. The molecule has 0 amide bonds. The third-order valence-electron chi connectivity index (χ3n) is 3.06. The molecule has 1 aliphatic rings. The lowest BCUT2D eigenvalue weighted by molar-refractivity contribution is 0.0614. The molecule has 0 spiro atoms. The summed E-state index contributed by atoms with van der Waals surface area (Å²) in [6.07, 6.45) is 2.28. The minimum Gasteiger partial charge on any atom is -0.494 e. The molecule has 0 aromatic heterocycles. The van der Waals surface area contributed by atoms with Gasteiger partial charge in [0.2, 0.25) is 0 Å². The zero-order valence-electron chi connectivity index (χ0n) is 10.7. The van der Waals surface area contributed by atoms with Crippen molar-refractivity contribution in [1.29, 1.82) is 0 Å². The molecule has 17 heavy (non-hydrogen) atoms. The highest BCUT2D eigenvalue weighted by atomic mass is 16.5. The van der Waals surface area contributed by atoms with Crippen molar-refractivity contribution in [3.05, 3.63) is 24.3 Å². The van der Waals surface area contributed by atoms with Crippen LogP contribution < -0.4 is 14.8 Å². The number of rotatable bonds is 4. The van der Waals surface area contributed by atoms with E-state index in [1.54, 1.807) is 0 Å². The predicted octanol–water partition coefficient (Wildman–Crippen LogP) is 2.61. The van der Waals surface area contributed by atoms with Gasteiger partial charge in [-0.05, 0) is 57.5 Å². The Balaban J connectivity index is 1.97. The Kier molecular flexibility index (Phi) is 3.89. The third kappa shape index (κ3) is 3.37. The maximum Gasteiger partial charge on any atom is 0.120 e. The van der Waals surface area contributed by atoms with Gasteiger partial charge in [-0.3, -0.25) is 0 Å². The van der Waals surface area contributed by atoms with Crippen molar-refractivity contribution >= 4 is 0 Å². The smallest absolute Gasteiger partial charge is 0.120 e. The van der Waals surface area contributed by atoms with Gasteiger partial charge in [-0.1, -0.05) is 0 Å². The molecule has 0 saturated carbocycles. The first-order chi connectivity index (χ1) is 8.22. The molecule has 1 N–H and O–H groups in total. The van der Waals surface area contributed by atoms with Gasteiger partial charge < -0.3 is 14.8 Å². The van der Waals surface area contributed by atoms with Gasteiger partial charge in [0.1, 0.15) is 17.1 Å². The standard InChI is InChI=1S/C14H21NO2/c1-3-16-12-5-7-13(8-6-12)17-14(2)9-4-10-15-11-14/h5-8,15H,3-4,9-11H2,1-2H3. The van der Waals surface area contributed by atoms with Crippen LogP contribution in [0.2, 0.25) is 0 Å². The Morgan fingerprint density at radius 3 is 2.53 bits per heavy atom. The summed E-state index contributed by atoms with van der Waals surface area (Å²) in [6, 6.07) is 7.87. The fraction of sp³-hybridized carbons (Fsp3) is 0.571. The zero-order valence-corrected chi connectivity index (χ0v) is 10.7. The van der Waals surface area contributed by atoms with Gasteiger partial charge in [0.15, 0.2) is 0 Å². The Labute approximate surface area is 103 Å². The van der Waals surface area contributed by atoms with Gasteiger partial charge in [0, 0.05) is 6.54 Å². The summed E-state index contributed by atoms with van der Waals surface area (Å²) in [7, 11) is 0. The second kappa shape index (κ2) is 5.41. The van der Waals surface area contributed by atoms with Crippen molar-refractivity contribution in [2.75, 3.05) is 19.7 Å². The third-order valence-corrected chi connectivity index (χ3v) is 3.06. The average Bonchev–Trinajstić information content (AvgIpc) is 2.33. The first-order valence-electron chi connectivity index (χ1n) is 6.34. The van der Waals surface area contributed by atoms with E-state index in [4.69, 9.17) is 9.47 Å². The van der Waals surface area contributed by atoms with Gasteiger partial charge in [0.05, 0.1) is 6.61 Å². The first-order valence-corrected chi connectivity index (χ1v) is 6.34. The lowest BCUT2D eigenvalue weighted by atomic mass is 9.96. The summed E-state index contributed by atoms with van der Waals surface area (Å²) in [4.78, 5) is 0. The van der Waals surface area contributed by atoms with E-state index in [0.29, 0.717) is 6.61 Å². The Bertz CT molecular complexity index is 342. The monoisotopic (exact) mass is 235 g/mol. The van der Waals surface area contributed by atoms with Crippen LogP contribution in [0.15, 0.2) is 24.3 Å². The van der Waals surface area contributed by atoms with Gasteiger partial charge in [0.25, 0.3) is 0 Å². The SMILES string of the molecule is CCOc1ccc(OC2(C)CCCNC2)cc1. The van der Waals surface area contributed by atoms with Gasteiger partial charge >= 0.3 is 0 Å². The van der Waals surface area contributed by atoms with Crippen LogP contribution in [0, 0.1) is 0 Å². The van der Waals surface area contributed by atoms with Crippen LogP contribution in [-0.2, 0) is 0 Å². The quantitative estimate of drug-likeness (QED) is 0.870. The maximum atomic E-state index is 6.06. The fourth-order valence-electron chi connectivity index (χ4n) is 2.17. The van der Waals surface area contributed by atoms with E-state index >= 15 is 0 Å². The van der Waals surface area contributed by atoms with Gasteiger partial charge in [-0.2, -0.15) is 0 Å². The van der Waals surface area contributed by atoms with Crippen molar-refractivity contribution in [3.63, 3.8) is 0 Å². The molecule has 94 valence electrons. The highest BCUT2D eigenvalue weighted by Crippen LogP contribution is 2.25. The molecule has 1 aliphatic heterocycles. The van der Waals surface area contributed by atoms with Crippen molar-refractivity contribution in [1.82, 2.24) is 5.32 Å². The molecule has 0 aliphatic carbocycles. The Morgan fingerprint density at radius 2 is 1.94 bits per heavy atom. The predicted molar refractivity (Wildman–Crippen MR) is 68.7 cm³/mol. The number of nitrogens with one attached hydrogen (secondary N) is 1. The molecule has 1 heterocycles. The van der Waals surface area contributed by atoms with E-state index in [1.807, 2.05) is 31.2 Å². The van der Waals surface area contributed by atoms with Crippen LogP contribution in [0.5, 0.6) is 11.5 Å². The second-order valence-electron chi connectivity index (χ2n) is 4.74. The molecular weight excluding hydrogens is 214 g/mol. The number of hydrogen-bond donors (Lipinski definition) is 1. The van der Waals surface area contributed by atoms with Crippen LogP contribution in [-0.4, -0.2) is 25.3 Å². The van der Waals surface area contributed by atoms with E-state index in [1.165, 1.54) is 6.42 Å². The summed E-state index contributed by atoms with van der Waals surface area (Å²) in [5.41, 5.74) is -0.0780. The molecular formula is C14H21NO2. The molecule has 3 heteroatoms. The number of piperidine rings is 1. The molecule has 1 unspecified atom stereocenters. The van der Waals surface area contributed by atoms with Crippen LogP contribution >= 0.6 is 0 Å². The molecule has 2 rings (SSSR count). The molecule has 1 aromatic rings. The van der Waals surface area contributed by atoms with Crippen molar-refractivity contribution in [2.45, 2.75) is 32.3 Å². The van der Waals surface area contributed by atoms with Crippen molar-refractivity contribution < 1.29 is 9.47 Å². The maximum absolute atomic E-state index is 6.06. The highest BCUT2D eigenvalue weighted by molar-refractivity contribution is 5.31. The molecule has 1 aromatic carbocycles. The normalized spacial score (nSPS) is 24.4. The topological polar surface area (TPSA) is 30.5 Å². The Morgan fingerprint density at radius 1 is 1.24 bits per heavy atom. The minimum absolute atomic E-state index is 0.0780. The fourth-order valence-corrected chi connectivity index (χ4v) is 2.17. The lowest BCUT2D eigenvalue weighted by Gasteiger charge is -2.34. The van der Waals surface area contributed by atoms with E-state index in [-0.39, 0.29) is 5.60 Å². The second-order valence-corrected chi connectivity index (χ2v) is 4.74. The van der Waals surface area contributed by atoms with Crippen LogP contribution in [0.4, 0.5) is 0 Å². The summed E-state index contributed by atoms with van der Waals surface area (Å²) in [5.74, 6) is 1.81. The van der Waals surface area contributed by atoms with Crippen molar-refractivity contribution in [2.24, 2.45) is 0 Å². The van der Waals surface area contributed by atoms with Crippen LogP contribution in [0.3, 0.4) is 0 Å². The summed E-state index contributed by atoms with van der Waals surface area (Å²) >= 11 is 0. The highest BCUT2D eigenvalue weighted by Gasteiger charge is 2.28. The van der Waals surface area contributed by atoms with E-state index < -0.39 is 0 Å². The van der Waals surface area contributed by atoms with Crippen LogP contribution in [0.1, 0.15) is 26.7 Å². The average molecular weight is 235 g/mol. The first kappa shape index (κ1) is 12.2. The largest absolute Gasteiger partial charge is 0.494 e. The molecule has 0 bridgehead atoms. The Hall–Kier alpha value is -1.22. The molecule has 0 radical (unpaired) electrons. The van der Waals surface area contributed by atoms with E-state index in [9.17, 15) is 0 Å². The minimum atomic E-state index is -0.0780. The van der Waals surface area contributed by atoms with E-state index in [0.717, 1.165) is 31.0 Å². The van der Waals surface area contributed by atoms with E-state index in [2.05, 4.69) is 12.2 Å². The van der Waals surface area contributed by atoms with Gasteiger partial charge in [-0.15, -0.1) is 0 Å². The number of benzene rings is 1. The molecule has 1 fully saturated rings. The summed E-state index contributed by atoms with van der Waals surface area (Å²) in [6.45, 7) is 6.86. The molecule has 1 saturated heterocycles. The zero-order chi connectivity index (χ0) is 12.1. The van der Waals surface area contributed by atoms with Gasteiger partial charge in [-0.25, -0.2) is 0 Å². The lowest BCUT2D eigenvalue weighted by Crippen LogP contribution is -2.47. The summed E-state index contributed by atoms with van der Waals surface area (Å²) in [5, 5.41) is 3.38. The number of hydrogen-bond acceptors (Lipinski definition) is 3. The molecule has 1 atom stereocenters.